The third-order valence-corrected chi connectivity index (χ3v) is 9.30. The van der Waals surface area contributed by atoms with Crippen molar-refractivity contribution < 1.29 is 23.8 Å². The molecule has 0 aliphatic heterocycles. The maximum atomic E-state index is 12.1. The van der Waals surface area contributed by atoms with Crippen LogP contribution in [0.15, 0.2) is 18.2 Å². The van der Waals surface area contributed by atoms with Gasteiger partial charge >= 0.3 is 11.9 Å². The van der Waals surface area contributed by atoms with Crippen molar-refractivity contribution in [2.75, 3.05) is 7.11 Å². The monoisotopic (exact) mass is 412 g/mol. The number of carbonyl (C=O) groups is 2. The molecule has 4 aliphatic rings. The average Bonchev–Trinajstić information content (AvgIpc) is 3.08. The number of benzene rings is 1. The third kappa shape index (κ3) is 2.41. The largest absolute Gasteiger partial charge is 0.497 e. The predicted octanol–water partition coefficient (Wildman–Crippen LogP) is 4.56. The summed E-state index contributed by atoms with van der Waals surface area (Å²) in [6.45, 7) is 5.34. The molecular weight excluding hydrogens is 380 g/mol. The molecular formula is C25H32O5. The van der Waals surface area contributed by atoms with Crippen LogP contribution in [0.25, 0.3) is 0 Å². The third-order valence-electron chi connectivity index (χ3n) is 9.30. The van der Waals surface area contributed by atoms with E-state index in [1.54, 1.807) is 7.11 Å². The van der Waals surface area contributed by atoms with E-state index in [1.807, 2.05) is 6.07 Å². The molecule has 0 N–H and O–H groups in total. The number of hydrogen-bond acceptors (Lipinski definition) is 5. The summed E-state index contributed by atoms with van der Waals surface area (Å²) in [4.78, 5) is 24.1. The molecule has 3 saturated carbocycles. The molecule has 5 nitrogen and oxygen atoms in total. The summed E-state index contributed by atoms with van der Waals surface area (Å²) in [5, 5.41) is 0. The van der Waals surface area contributed by atoms with E-state index < -0.39 is 5.60 Å². The Balaban J connectivity index is 1.62. The Labute approximate surface area is 178 Å². The highest BCUT2D eigenvalue weighted by Gasteiger charge is 2.77. The van der Waals surface area contributed by atoms with Crippen LogP contribution >= 0.6 is 0 Å². The van der Waals surface area contributed by atoms with Crippen molar-refractivity contribution >= 4 is 11.9 Å². The number of carbonyl (C=O) groups excluding carboxylic acids is 2. The van der Waals surface area contributed by atoms with Gasteiger partial charge in [0.25, 0.3) is 0 Å². The molecule has 5 rings (SSSR count). The van der Waals surface area contributed by atoms with E-state index in [1.165, 1.54) is 25.0 Å². The van der Waals surface area contributed by atoms with Gasteiger partial charge in [0.05, 0.1) is 7.11 Å². The molecule has 162 valence electrons. The maximum Gasteiger partial charge on any atom is 0.303 e. The molecule has 0 amide bonds. The van der Waals surface area contributed by atoms with Crippen LogP contribution in [0.4, 0.5) is 0 Å². The van der Waals surface area contributed by atoms with Crippen LogP contribution in [0.2, 0.25) is 0 Å². The fourth-order valence-corrected chi connectivity index (χ4v) is 8.21. The number of esters is 2. The molecule has 3 fully saturated rings. The zero-order valence-electron chi connectivity index (χ0n) is 18.5. The molecule has 30 heavy (non-hydrogen) atoms. The van der Waals surface area contributed by atoms with Crippen LogP contribution in [-0.2, 0) is 25.5 Å². The second-order valence-corrected chi connectivity index (χ2v) is 10.2. The zero-order chi connectivity index (χ0) is 21.3. The van der Waals surface area contributed by atoms with Crippen molar-refractivity contribution in [3.8, 4) is 5.75 Å². The van der Waals surface area contributed by atoms with Gasteiger partial charge < -0.3 is 14.2 Å². The number of methoxy groups -OCH3 is 1. The molecule has 5 heteroatoms. The van der Waals surface area contributed by atoms with Crippen molar-refractivity contribution in [1.82, 2.24) is 0 Å². The lowest BCUT2D eigenvalue weighted by Gasteiger charge is -2.59. The minimum absolute atomic E-state index is 0.140. The Morgan fingerprint density at radius 2 is 1.80 bits per heavy atom. The summed E-state index contributed by atoms with van der Waals surface area (Å²) >= 11 is 0. The van der Waals surface area contributed by atoms with Crippen LogP contribution in [0.3, 0.4) is 0 Å². The number of aryl methyl sites for hydroxylation is 1. The molecule has 2 bridgehead atoms. The lowest BCUT2D eigenvalue weighted by molar-refractivity contribution is -0.189. The Kier molecular flexibility index (Phi) is 4.30. The van der Waals surface area contributed by atoms with Gasteiger partial charge in [0, 0.05) is 25.2 Å². The molecule has 0 saturated heterocycles. The number of hydrogen-bond donors (Lipinski definition) is 0. The zero-order valence-corrected chi connectivity index (χ0v) is 18.5. The first-order valence-electron chi connectivity index (χ1n) is 11.3. The topological polar surface area (TPSA) is 61.8 Å². The first kappa shape index (κ1) is 19.9. The first-order chi connectivity index (χ1) is 14.3. The summed E-state index contributed by atoms with van der Waals surface area (Å²) in [6.07, 6.45) is 6.69. The normalized spacial score (nSPS) is 40.7. The van der Waals surface area contributed by atoms with E-state index in [0.29, 0.717) is 5.92 Å². The van der Waals surface area contributed by atoms with Gasteiger partial charge in [0.2, 0.25) is 0 Å². The minimum atomic E-state index is -0.414. The Morgan fingerprint density at radius 1 is 1.07 bits per heavy atom. The van der Waals surface area contributed by atoms with E-state index in [9.17, 15) is 9.59 Å². The molecule has 0 heterocycles. The molecule has 1 aromatic carbocycles. The lowest BCUT2D eigenvalue weighted by Crippen LogP contribution is -2.57. The van der Waals surface area contributed by atoms with Gasteiger partial charge in [-0.3, -0.25) is 9.59 Å². The fraction of sp³-hybridized carbons (Fsp3) is 0.680. The van der Waals surface area contributed by atoms with Crippen molar-refractivity contribution in [2.24, 2.45) is 16.7 Å². The fourth-order valence-electron chi connectivity index (χ4n) is 8.21. The average molecular weight is 413 g/mol. The number of rotatable bonds is 3. The molecule has 4 atom stereocenters. The maximum absolute atomic E-state index is 12.1. The predicted molar refractivity (Wildman–Crippen MR) is 111 cm³/mol. The second-order valence-electron chi connectivity index (χ2n) is 10.2. The van der Waals surface area contributed by atoms with Crippen molar-refractivity contribution in [1.29, 1.82) is 0 Å². The van der Waals surface area contributed by atoms with Gasteiger partial charge in [-0.05, 0) is 79.5 Å². The van der Waals surface area contributed by atoms with Crippen molar-refractivity contribution in [2.45, 2.75) is 83.3 Å². The van der Waals surface area contributed by atoms with Crippen LogP contribution in [-0.4, -0.2) is 30.8 Å². The summed E-state index contributed by atoms with van der Waals surface area (Å²) in [5.74, 6) is 1.09. The highest BCUT2D eigenvalue weighted by Crippen LogP contribution is 2.78. The van der Waals surface area contributed by atoms with Crippen molar-refractivity contribution in [3.05, 3.63) is 29.3 Å². The van der Waals surface area contributed by atoms with E-state index in [4.69, 9.17) is 14.2 Å². The highest BCUT2D eigenvalue weighted by molar-refractivity contribution is 5.67. The SMILES string of the molecule is COc1ccc2c(c1)CC[C@@H]1[C@@H]2[C@H](OC(C)=O)C[C@]2(C)C3(OC(C)=O)CCC12CC3. The van der Waals surface area contributed by atoms with Crippen LogP contribution in [0, 0.1) is 16.7 Å². The standard InChI is InChI=1S/C25H32O5/c1-15(26)29-21-14-23(3)24(9-11-25(23,12-10-24)30-16(2)27)20-8-5-17-13-18(28-4)6-7-19(17)22(20)21/h6-7,13,20-22H,5,8-12,14H2,1-4H3/t20-,21-,22-,23+,24?,25?/m1/s1. The molecule has 0 aromatic heterocycles. The first-order valence-corrected chi connectivity index (χ1v) is 11.3. The molecule has 0 unspecified atom stereocenters. The van der Waals surface area contributed by atoms with E-state index in [2.05, 4.69) is 19.1 Å². The van der Waals surface area contributed by atoms with Gasteiger partial charge in [-0.1, -0.05) is 13.0 Å². The van der Waals surface area contributed by atoms with Crippen LogP contribution in [0.1, 0.15) is 76.3 Å². The van der Waals surface area contributed by atoms with Gasteiger partial charge in [-0.2, -0.15) is 0 Å². The van der Waals surface area contributed by atoms with E-state index in [0.717, 1.165) is 50.7 Å². The second kappa shape index (κ2) is 6.48. The van der Waals surface area contributed by atoms with Gasteiger partial charge in [-0.15, -0.1) is 0 Å². The molecule has 1 aromatic rings. The Bertz CT molecular complexity index is 897. The van der Waals surface area contributed by atoms with E-state index in [-0.39, 0.29) is 34.8 Å². The summed E-state index contributed by atoms with van der Waals surface area (Å²) in [5.41, 5.74) is 2.20. The summed E-state index contributed by atoms with van der Waals surface area (Å²) < 4.78 is 17.6. The van der Waals surface area contributed by atoms with Crippen LogP contribution < -0.4 is 4.74 Å². The quantitative estimate of drug-likeness (QED) is 0.681. The highest BCUT2D eigenvalue weighted by atomic mass is 16.6. The van der Waals surface area contributed by atoms with Crippen molar-refractivity contribution in [3.63, 3.8) is 0 Å². The number of fused-ring (bicyclic) bond motifs is 3. The van der Waals surface area contributed by atoms with Gasteiger partial charge in [-0.25, -0.2) is 0 Å². The molecule has 0 radical (unpaired) electrons. The lowest BCUT2D eigenvalue weighted by atomic mass is 9.47. The smallest absolute Gasteiger partial charge is 0.303 e. The van der Waals surface area contributed by atoms with Crippen LogP contribution in [0.5, 0.6) is 5.75 Å². The Hall–Kier alpha value is -2.04. The van der Waals surface area contributed by atoms with E-state index >= 15 is 0 Å². The number of ether oxygens (including phenoxy) is 3. The van der Waals surface area contributed by atoms with Gasteiger partial charge in [0.1, 0.15) is 17.5 Å². The Morgan fingerprint density at radius 3 is 2.43 bits per heavy atom. The minimum Gasteiger partial charge on any atom is -0.497 e. The molecule has 4 aliphatic carbocycles. The van der Waals surface area contributed by atoms with Gasteiger partial charge in [0.15, 0.2) is 0 Å². The summed E-state index contributed by atoms with van der Waals surface area (Å²) in [6, 6.07) is 6.36. The summed E-state index contributed by atoms with van der Waals surface area (Å²) in [7, 11) is 1.70. The molecule has 0 spiro atoms.